The van der Waals surface area contributed by atoms with Gasteiger partial charge in [-0.25, -0.2) is 13.4 Å². The van der Waals surface area contributed by atoms with Crippen LogP contribution in [0.4, 0.5) is 0 Å². The third kappa shape index (κ3) is 4.17. The minimum Gasteiger partial charge on any atom is -0.392 e. The second-order valence-corrected chi connectivity index (χ2v) is 10.7. The number of ether oxygens (including phenoxy) is 1. The van der Waals surface area contributed by atoms with Crippen LogP contribution >= 0.6 is 12.2 Å². The molecule has 2 unspecified atom stereocenters. The van der Waals surface area contributed by atoms with Crippen molar-refractivity contribution in [3.05, 3.63) is 66.6 Å². The number of nitrogens with two attached hydrogens (primary N) is 1. The van der Waals surface area contributed by atoms with Crippen LogP contribution in [0.25, 0.3) is 5.65 Å². The molecule has 1 saturated carbocycles. The summed E-state index contributed by atoms with van der Waals surface area (Å²) >= 11 is 5.58. The van der Waals surface area contributed by atoms with E-state index in [4.69, 9.17) is 22.7 Å². The minimum absolute atomic E-state index is 0.220. The van der Waals surface area contributed by atoms with Crippen LogP contribution in [-0.2, 0) is 20.2 Å². The van der Waals surface area contributed by atoms with Gasteiger partial charge in [-0.1, -0.05) is 49.3 Å². The molecule has 2 atom stereocenters. The fourth-order valence-electron chi connectivity index (χ4n) is 4.52. The molecule has 9 heteroatoms. The van der Waals surface area contributed by atoms with Gasteiger partial charge in [-0.05, 0) is 36.6 Å². The van der Waals surface area contributed by atoms with Gasteiger partial charge in [0.2, 0.25) is 10.0 Å². The number of rotatable bonds is 8. The molecular weight excluding hydrogens is 444 g/mol. The van der Waals surface area contributed by atoms with Gasteiger partial charge >= 0.3 is 0 Å². The molecule has 2 N–H and O–H groups in total. The predicted molar refractivity (Wildman–Crippen MR) is 128 cm³/mol. The van der Waals surface area contributed by atoms with Crippen LogP contribution in [0.5, 0.6) is 0 Å². The number of hydrogen-bond donors (Lipinski definition) is 1. The van der Waals surface area contributed by atoms with E-state index in [0.29, 0.717) is 4.99 Å². The lowest BCUT2D eigenvalue weighted by molar-refractivity contribution is -0.00740. The van der Waals surface area contributed by atoms with Crippen molar-refractivity contribution in [1.82, 2.24) is 13.7 Å². The maximum Gasteiger partial charge on any atom is 0.242 e. The summed E-state index contributed by atoms with van der Waals surface area (Å²) in [6.45, 7) is 0.493. The highest BCUT2D eigenvalue weighted by molar-refractivity contribution is 7.89. The van der Waals surface area contributed by atoms with Crippen LogP contribution in [0.1, 0.15) is 31.2 Å². The average Bonchev–Trinajstić information content (AvgIpc) is 3.27. The molecule has 32 heavy (non-hydrogen) atoms. The van der Waals surface area contributed by atoms with Crippen LogP contribution in [0.15, 0.2) is 66.0 Å². The molecular formula is C23H28N4O3S2. The minimum atomic E-state index is -3.56. The summed E-state index contributed by atoms with van der Waals surface area (Å²) < 4.78 is 35.2. The van der Waals surface area contributed by atoms with E-state index in [1.165, 1.54) is 4.31 Å². The molecule has 170 valence electrons. The molecule has 3 aromatic rings. The fourth-order valence-corrected chi connectivity index (χ4v) is 6.05. The molecule has 0 aliphatic heterocycles. The van der Waals surface area contributed by atoms with Gasteiger partial charge in [0.1, 0.15) is 5.65 Å². The maximum absolute atomic E-state index is 12.8. The number of thiocarbonyl (C=S) groups is 1. The van der Waals surface area contributed by atoms with Crippen LogP contribution in [-0.4, -0.2) is 53.4 Å². The smallest absolute Gasteiger partial charge is 0.242 e. The van der Waals surface area contributed by atoms with Crippen LogP contribution < -0.4 is 5.73 Å². The Labute approximate surface area is 194 Å². The van der Waals surface area contributed by atoms with Gasteiger partial charge in [0.15, 0.2) is 0 Å². The fraction of sp³-hybridized carbons (Fsp3) is 0.391. The molecule has 0 bridgehead atoms. The average molecular weight is 473 g/mol. The van der Waals surface area contributed by atoms with Crippen molar-refractivity contribution in [3.63, 3.8) is 0 Å². The summed E-state index contributed by atoms with van der Waals surface area (Å²) in [5, 5.41) is 0. The first kappa shape index (κ1) is 22.8. The number of imidazole rings is 1. The molecule has 1 fully saturated rings. The Balaban J connectivity index is 1.53. The van der Waals surface area contributed by atoms with E-state index in [2.05, 4.69) is 4.98 Å². The number of nitrogens with zero attached hydrogens (tertiary/aromatic N) is 3. The Morgan fingerprint density at radius 2 is 2.06 bits per heavy atom. The molecule has 1 aliphatic rings. The lowest BCUT2D eigenvalue weighted by atomic mass is 9.67. The maximum atomic E-state index is 12.8. The van der Waals surface area contributed by atoms with E-state index in [0.717, 1.165) is 36.9 Å². The summed E-state index contributed by atoms with van der Waals surface area (Å²) in [7, 11) is -1.99. The van der Waals surface area contributed by atoms with Gasteiger partial charge in [-0.15, -0.1) is 0 Å². The highest BCUT2D eigenvalue weighted by atomic mass is 32.2. The van der Waals surface area contributed by atoms with E-state index in [1.54, 1.807) is 43.6 Å². The standard InChI is InChI=1S/C23H28N4O3S2/c1-26(32(28,29)19-7-3-2-4-8-19)15-16-30-20-9-5-6-12-23(20,22(24)31)18-10-11-21-25-13-14-27(21)17-18/h2-4,7-8,10-11,13-14,17,20H,5-6,9,12,15-16H2,1H3,(H2,24,31). The third-order valence-corrected chi connectivity index (χ3v) is 8.59. The highest BCUT2D eigenvalue weighted by Gasteiger charge is 2.46. The topological polar surface area (TPSA) is 89.9 Å². The van der Waals surface area contributed by atoms with Gasteiger partial charge in [-0.2, -0.15) is 4.31 Å². The van der Waals surface area contributed by atoms with Gasteiger partial charge < -0.3 is 14.9 Å². The Morgan fingerprint density at radius 3 is 2.81 bits per heavy atom. The molecule has 0 radical (unpaired) electrons. The first-order valence-corrected chi connectivity index (χ1v) is 12.6. The monoisotopic (exact) mass is 472 g/mol. The van der Waals surface area contributed by atoms with E-state index in [9.17, 15) is 8.42 Å². The number of likely N-dealkylation sites (N-methyl/N-ethyl adjacent to an activating group) is 1. The first-order chi connectivity index (χ1) is 15.4. The lowest BCUT2D eigenvalue weighted by Crippen LogP contribution is -2.53. The normalized spacial score (nSPS) is 21.8. The Bertz CT molecular complexity index is 1200. The Hall–Kier alpha value is -2.33. The van der Waals surface area contributed by atoms with Crippen molar-refractivity contribution in [2.45, 2.75) is 42.1 Å². The molecule has 0 amide bonds. The summed E-state index contributed by atoms with van der Waals surface area (Å²) in [4.78, 5) is 4.99. The Morgan fingerprint density at radius 1 is 1.28 bits per heavy atom. The zero-order valence-corrected chi connectivity index (χ0v) is 19.7. The van der Waals surface area contributed by atoms with Crippen LogP contribution in [0, 0.1) is 0 Å². The van der Waals surface area contributed by atoms with Crippen LogP contribution in [0.3, 0.4) is 0 Å². The largest absolute Gasteiger partial charge is 0.392 e. The molecule has 4 rings (SSSR count). The van der Waals surface area contributed by atoms with Gasteiger partial charge in [0.05, 0.1) is 28.0 Å². The van der Waals surface area contributed by atoms with Crippen molar-refractivity contribution in [2.75, 3.05) is 20.2 Å². The summed E-state index contributed by atoms with van der Waals surface area (Å²) in [5.41, 5.74) is 7.61. The molecule has 1 aliphatic carbocycles. The second-order valence-electron chi connectivity index (χ2n) is 8.19. The number of fused-ring (bicyclic) bond motifs is 1. The number of pyridine rings is 1. The van der Waals surface area contributed by atoms with E-state index in [1.807, 2.05) is 28.9 Å². The quantitative estimate of drug-likeness (QED) is 0.507. The number of aromatic nitrogens is 2. The van der Waals surface area contributed by atoms with Crippen molar-refractivity contribution in [3.8, 4) is 0 Å². The summed E-state index contributed by atoms with van der Waals surface area (Å²) in [6, 6.07) is 12.4. The number of sulfonamides is 1. The molecule has 7 nitrogen and oxygen atoms in total. The summed E-state index contributed by atoms with van der Waals surface area (Å²) in [5.74, 6) is 0. The van der Waals surface area contributed by atoms with Crippen LogP contribution in [0.2, 0.25) is 0 Å². The second kappa shape index (κ2) is 9.27. The van der Waals surface area contributed by atoms with E-state index >= 15 is 0 Å². The summed E-state index contributed by atoms with van der Waals surface area (Å²) in [6.07, 6.45) is 9.08. The first-order valence-electron chi connectivity index (χ1n) is 10.7. The van der Waals surface area contributed by atoms with Crippen molar-refractivity contribution in [2.24, 2.45) is 5.73 Å². The zero-order chi connectivity index (χ0) is 22.8. The third-order valence-electron chi connectivity index (χ3n) is 6.36. The number of benzene rings is 1. The van der Waals surface area contributed by atoms with Gasteiger partial charge in [0.25, 0.3) is 0 Å². The Kier molecular flexibility index (Phi) is 6.62. The SMILES string of the molecule is CN(CCOC1CCCCC1(C(N)=S)c1ccc2nccn2c1)S(=O)(=O)c1ccccc1. The van der Waals surface area contributed by atoms with Gasteiger partial charge in [0, 0.05) is 32.2 Å². The molecule has 2 heterocycles. The lowest BCUT2D eigenvalue weighted by Gasteiger charge is -2.43. The zero-order valence-electron chi connectivity index (χ0n) is 18.1. The number of hydrogen-bond acceptors (Lipinski definition) is 5. The highest BCUT2D eigenvalue weighted by Crippen LogP contribution is 2.42. The van der Waals surface area contributed by atoms with E-state index < -0.39 is 15.4 Å². The van der Waals surface area contributed by atoms with Gasteiger partial charge in [-0.3, -0.25) is 0 Å². The van der Waals surface area contributed by atoms with Crippen molar-refractivity contribution >= 4 is 32.9 Å². The molecule has 2 aromatic heterocycles. The van der Waals surface area contributed by atoms with E-state index in [-0.39, 0.29) is 24.2 Å². The molecule has 1 aromatic carbocycles. The molecule has 0 spiro atoms. The van der Waals surface area contributed by atoms with Crippen molar-refractivity contribution in [1.29, 1.82) is 0 Å². The molecule has 0 saturated heterocycles. The van der Waals surface area contributed by atoms with Crippen molar-refractivity contribution < 1.29 is 13.2 Å². The predicted octanol–water partition coefficient (Wildman–Crippen LogP) is 3.14.